The first-order chi connectivity index (χ1) is 11.3. The van der Waals surface area contributed by atoms with Gasteiger partial charge in [0.15, 0.2) is 11.6 Å². The Bertz CT molecular complexity index is 810. The molecule has 2 aromatic heterocycles. The Morgan fingerprint density at radius 2 is 2.26 bits per heavy atom. The number of aryl methyl sites for hydroxylation is 1. The minimum Gasteiger partial charge on any atom is -0.491 e. The molecule has 4 rings (SSSR count). The van der Waals surface area contributed by atoms with Crippen molar-refractivity contribution in [3.8, 4) is 11.6 Å². The lowest BCUT2D eigenvalue weighted by atomic mass is 10.2. The average molecular weight is 313 g/mol. The van der Waals surface area contributed by atoms with Gasteiger partial charge >= 0.3 is 0 Å². The predicted molar refractivity (Wildman–Crippen MR) is 84.9 cm³/mol. The molecular formula is C16H19N5O2. The van der Waals surface area contributed by atoms with Crippen LogP contribution in [-0.4, -0.2) is 44.3 Å². The van der Waals surface area contributed by atoms with Gasteiger partial charge in [-0.3, -0.25) is 5.10 Å². The molecule has 0 unspecified atom stereocenters. The number of rotatable bonds is 0. The van der Waals surface area contributed by atoms with E-state index in [1.807, 2.05) is 18.2 Å². The van der Waals surface area contributed by atoms with Crippen molar-refractivity contribution in [1.29, 1.82) is 0 Å². The molecule has 3 heterocycles. The van der Waals surface area contributed by atoms with Gasteiger partial charge in [-0.25, -0.2) is 4.98 Å². The molecule has 120 valence electrons. The Morgan fingerprint density at radius 3 is 3.22 bits per heavy atom. The summed E-state index contributed by atoms with van der Waals surface area (Å²) >= 11 is 0. The molecular weight excluding hydrogens is 294 g/mol. The molecule has 0 saturated carbocycles. The molecule has 0 spiro atoms. The second kappa shape index (κ2) is 6.00. The fourth-order valence-corrected chi connectivity index (χ4v) is 2.72. The summed E-state index contributed by atoms with van der Waals surface area (Å²) in [5.41, 5.74) is 0.949. The van der Waals surface area contributed by atoms with E-state index in [-0.39, 0.29) is 6.10 Å². The Balaban J connectivity index is 1.76. The topological polar surface area (TPSA) is 77.9 Å². The molecule has 0 fully saturated rings. The number of fused-ring (bicyclic) bond motifs is 4. The number of nitrogens with one attached hydrogen (secondary N) is 1. The largest absolute Gasteiger partial charge is 0.491 e. The number of ether oxygens (including phenoxy) is 2. The highest BCUT2D eigenvalue weighted by atomic mass is 16.5. The molecule has 3 aromatic rings. The van der Waals surface area contributed by atoms with Crippen LogP contribution >= 0.6 is 0 Å². The normalized spacial score (nSPS) is 19.3. The van der Waals surface area contributed by atoms with Crippen molar-refractivity contribution in [1.82, 2.24) is 25.0 Å². The Labute approximate surface area is 133 Å². The van der Waals surface area contributed by atoms with Crippen LogP contribution in [0.4, 0.5) is 0 Å². The van der Waals surface area contributed by atoms with E-state index in [4.69, 9.17) is 9.47 Å². The Hall–Kier alpha value is -2.41. The number of aromatic amines is 1. The molecule has 1 aliphatic heterocycles. The van der Waals surface area contributed by atoms with Gasteiger partial charge < -0.3 is 9.47 Å². The van der Waals surface area contributed by atoms with Crippen LogP contribution in [0, 0.1) is 0 Å². The van der Waals surface area contributed by atoms with E-state index in [1.54, 1.807) is 11.0 Å². The van der Waals surface area contributed by atoms with E-state index in [9.17, 15) is 0 Å². The summed E-state index contributed by atoms with van der Waals surface area (Å²) in [4.78, 5) is 4.36. The number of nitrogens with zero attached hydrogens (tertiary/aromatic N) is 4. The predicted octanol–water partition coefficient (Wildman–Crippen LogP) is 2.26. The first-order valence-electron chi connectivity index (χ1n) is 7.93. The number of H-pyrrole nitrogens is 1. The van der Waals surface area contributed by atoms with Crippen molar-refractivity contribution in [2.45, 2.75) is 32.3 Å². The van der Waals surface area contributed by atoms with Gasteiger partial charge in [-0.05, 0) is 31.5 Å². The van der Waals surface area contributed by atoms with Gasteiger partial charge in [0.2, 0.25) is 0 Å². The maximum atomic E-state index is 5.99. The van der Waals surface area contributed by atoms with Crippen LogP contribution in [0.25, 0.3) is 16.7 Å². The van der Waals surface area contributed by atoms with Crippen LogP contribution in [0.15, 0.2) is 24.5 Å². The molecule has 0 amide bonds. The zero-order valence-corrected chi connectivity index (χ0v) is 13.0. The first-order valence-corrected chi connectivity index (χ1v) is 7.93. The van der Waals surface area contributed by atoms with Gasteiger partial charge in [0.25, 0.3) is 0 Å². The summed E-state index contributed by atoms with van der Waals surface area (Å²) in [5.74, 6) is 2.37. The lowest BCUT2D eigenvalue weighted by Crippen LogP contribution is -2.15. The van der Waals surface area contributed by atoms with Crippen LogP contribution in [0.3, 0.4) is 0 Å². The Morgan fingerprint density at radius 1 is 1.30 bits per heavy atom. The van der Waals surface area contributed by atoms with Gasteiger partial charge in [-0.2, -0.15) is 9.78 Å². The van der Waals surface area contributed by atoms with E-state index in [0.717, 1.165) is 47.6 Å². The number of hydrogen-bond donors (Lipinski definition) is 1. The minimum atomic E-state index is 0.102. The lowest BCUT2D eigenvalue weighted by Gasteiger charge is -2.15. The van der Waals surface area contributed by atoms with Crippen molar-refractivity contribution in [3.05, 3.63) is 30.4 Å². The molecule has 1 aliphatic rings. The molecule has 7 nitrogen and oxygen atoms in total. The SMILES string of the molecule is C[C@@H]1CCOCCCc2ncn(n2)-c2n[nH]c3ccc(cc23)O1. The van der Waals surface area contributed by atoms with E-state index in [0.29, 0.717) is 13.2 Å². The lowest BCUT2D eigenvalue weighted by molar-refractivity contribution is 0.0962. The molecule has 0 radical (unpaired) electrons. The van der Waals surface area contributed by atoms with Gasteiger partial charge in [-0.1, -0.05) is 0 Å². The second-order valence-corrected chi connectivity index (χ2v) is 5.79. The van der Waals surface area contributed by atoms with E-state index in [2.05, 4.69) is 27.2 Å². The van der Waals surface area contributed by atoms with Gasteiger partial charge in [0, 0.05) is 24.8 Å². The van der Waals surface area contributed by atoms with E-state index in [1.165, 1.54) is 0 Å². The van der Waals surface area contributed by atoms with Crippen molar-refractivity contribution in [2.75, 3.05) is 13.2 Å². The zero-order valence-electron chi connectivity index (χ0n) is 13.0. The summed E-state index contributed by atoms with van der Waals surface area (Å²) in [6.45, 7) is 3.47. The second-order valence-electron chi connectivity index (χ2n) is 5.79. The van der Waals surface area contributed by atoms with Crippen LogP contribution in [0.2, 0.25) is 0 Å². The van der Waals surface area contributed by atoms with Gasteiger partial charge in [0.05, 0.1) is 18.2 Å². The summed E-state index contributed by atoms with van der Waals surface area (Å²) in [6, 6.07) is 5.92. The van der Waals surface area contributed by atoms with E-state index >= 15 is 0 Å². The average Bonchev–Trinajstić information content (AvgIpc) is 3.16. The molecule has 1 aromatic carbocycles. The monoisotopic (exact) mass is 313 g/mol. The third-order valence-corrected chi connectivity index (χ3v) is 3.97. The molecule has 7 heteroatoms. The third-order valence-electron chi connectivity index (χ3n) is 3.97. The Kier molecular flexibility index (Phi) is 3.70. The standard InChI is InChI=1S/C16H19N5O2/c1-11-6-8-22-7-2-3-15-17-10-21(20-15)16-13-9-12(23-11)4-5-14(13)18-19-16/h4-5,9-11H,2-3,6-8H2,1H3,(H,18,19)/t11-/m1/s1. The molecule has 1 N–H and O–H groups in total. The minimum absolute atomic E-state index is 0.102. The summed E-state index contributed by atoms with van der Waals surface area (Å²) in [5, 5.41) is 12.9. The van der Waals surface area contributed by atoms with E-state index < -0.39 is 0 Å². The highest BCUT2D eigenvalue weighted by molar-refractivity contribution is 5.87. The van der Waals surface area contributed by atoms with Crippen molar-refractivity contribution >= 4 is 10.9 Å². The van der Waals surface area contributed by atoms with Gasteiger partial charge in [-0.15, -0.1) is 5.10 Å². The van der Waals surface area contributed by atoms with Crippen molar-refractivity contribution in [3.63, 3.8) is 0 Å². The molecule has 0 saturated heterocycles. The highest BCUT2D eigenvalue weighted by Crippen LogP contribution is 2.25. The molecule has 23 heavy (non-hydrogen) atoms. The molecule has 1 atom stereocenters. The summed E-state index contributed by atoms with van der Waals surface area (Å²) < 4.78 is 13.4. The highest BCUT2D eigenvalue weighted by Gasteiger charge is 2.13. The van der Waals surface area contributed by atoms with Crippen LogP contribution in [0.1, 0.15) is 25.6 Å². The van der Waals surface area contributed by atoms with Crippen LogP contribution in [0.5, 0.6) is 5.75 Å². The van der Waals surface area contributed by atoms with Crippen LogP contribution in [-0.2, 0) is 11.2 Å². The quantitative estimate of drug-likeness (QED) is 0.689. The third kappa shape index (κ3) is 2.92. The first kappa shape index (κ1) is 14.2. The van der Waals surface area contributed by atoms with Crippen LogP contribution < -0.4 is 4.74 Å². The fraction of sp³-hybridized carbons (Fsp3) is 0.438. The fourth-order valence-electron chi connectivity index (χ4n) is 2.72. The zero-order chi connectivity index (χ0) is 15.6. The van der Waals surface area contributed by atoms with Crippen molar-refractivity contribution in [2.24, 2.45) is 0 Å². The maximum Gasteiger partial charge on any atom is 0.184 e. The summed E-state index contributed by atoms with van der Waals surface area (Å²) in [7, 11) is 0. The molecule has 0 aliphatic carbocycles. The maximum absolute atomic E-state index is 5.99. The molecule has 4 bridgehead atoms. The number of aromatic nitrogens is 5. The number of benzene rings is 1. The summed E-state index contributed by atoms with van der Waals surface area (Å²) in [6.07, 6.45) is 4.37. The smallest absolute Gasteiger partial charge is 0.184 e. The van der Waals surface area contributed by atoms with Gasteiger partial charge in [0.1, 0.15) is 12.1 Å². The number of hydrogen-bond acceptors (Lipinski definition) is 5. The van der Waals surface area contributed by atoms with Crippen molar-refractivity contribution < 1.29 is 9.47 Å².